The summed E-state index contributed by atoms with van der Waals surface area (Å²) in [6.45, 7) is 5.59. The lowest BCUT2D eigenvalue weighted by molar-refractivity contribution is -0.122. The van der Waals surface area contributed by atoms with Crippen molar-refractivity contribution < 1.29 is 4.79 Å². The van der Waals surface area contributed by atoms with Gasteiger partial charge < -0.3 is 10.2 Å². The van der Waals surface area contributed by atoms with Gasteiger partial charge in [0.2, 0.25) is 5.91 Å². The number of rotatable bonds is 5. The zero-order chi connectivity index (χ0) is 15.2. The highest BCUT2D eigenvalue weighted by Gasteiger charge is 2.15. The van der Waals surface area contributed by atoms with Crippen LogP contribution in [0.15, 0.2) is 21.7 Å². The van der Waals surface area contributed by atoms with Crippen LogP contribution >= 0.6 is 0 Å². The van der Waals surface area contributed by atoms with Crippen LogP contribution in [0.4, 0.5) is 0 Å². The van der Waals surface area contributed by atoms with Crippen molar-refractivity contribution >= 4 is 5.91 Å². The first-order valence-corrected chi connectivity index (χ1v) is 7.34. The summed E-state index contributed by atoms with van der Waals surface area (Å²) in [5, 5.41) is 5.11. The third-order valence-electron chi connectivity index (χ3n) is 3.68. The number of nitrogens with one attached hydrogen (secondary N) is 2. The normalized spacial score (nSPS) is 19.4. The van der Waals surface area contributed by atoms with Gasteiger partial charge in [-0.1, -0.05) is 6.92 Å². The number of carbonyl (C=O) groups excluding carboxylic acids is 1. The molecule has 0 aromatic carbocycles. The van der Waals surface area contributed by atoms with Gasteiger partial charge in [-0.15, -0.1) is 0 Å². The second-order valence-electron chi connectivity index (χ2n) is 5.63. The highest BCUT2D eigenvalue weighted by molar-refractivity contribution is 5.75. The summed E-state index contributed by atoms with van der Waals surface area (Å²) in [5.41, 5.74) is -0.792. The molecule has 1 atom stereocenters. The highest BCUT2D eigenvalue weighted by Crippen LogP contribution is 2.14. The van der Waals surface area contributed by atoms with Crippen LogP contribution in [-0.2, 0) is 11.3 Å². The molecule has 1 aliphatic heterocycles. The average molecular weight is 294 g/mol. The molecule has 2 heterocycles. The van der Waals surface area contributed by atoms with Crippen LogP contribution in [0.25, 0.3) is 0 Å². The summed E-state index contributed by atoms with van der Waals surface area (Å²) in [6, 6.07) is 2.30. The maximum atomic E-state index is 11.8. The fourth-order valence-corrected chi connectivity index (χ4v) is 2.62. The third-order valence-corrected chi connectivity index (χ3v) is 3.68. The van der Waals surface area contributed by atoms with Crippen molar-refractivity contribution in [2.24, 2.45) is 5.92 Å². The molecule has 0 radical (unpaired) electrons. The average Bonchev–Trinajstić information content (AvgIpc) is 2.43. The molecule has 1 amide bonds. The molecule has 1 saturated heterocycles. The van der Waals surface area contributed by atoms with Gasteiger partial charge in [0.05, 0.1) is 0 Å². The van der Waals surface area contributed by atoms with Crippen molar-refractivity contribution in [3.05, 3.63) is 32.8 Å². The van der Waals surface area contributed by atoms with Crippen LogP contribution in [0.1, 0.15) is 19.8 Å². The summed E-state index contributed by atoms with van der Waals surface area (Å²) in [7, 11) is 0. The maximum Gasteiger partial charge on any atom is 0.265 e. The highest BCUT2D eigenvalue weighted by atomic mass is 16.2. The third kappa shape index (κ3) is 4.86. The SMILES string of the molecule is CC1CCCN(CCNC(=O)Cn2[nH]c(=O)ccc2=O)C1. The lowest BCUT2D eigenvalue weighted by Gasteiger charge is -2.30. The Labute approximate surface area is 122 Å². The zero-order valence-corrected chi connectivity index (χ0v) is 12.3. The van der Waals surface area contributed by atoms with E-state index in [4.69, 9.17) is 0 Å². The molecular weight excluding hydrogens is 272 g/mol. The molecule has 0 aliphatic carbocycles. The molecule has 0 saturated carbocycles. The number of hydrogen-bond donors (Lipinski definition) is 2. The van der Waals surface area contributed by atoms with Crippen LogP contribution < -0.4 is 16.4 Å². The minimum Gasteiger partial charge on any atom is -0.353 e. The predicted octanol–water partition coefficient (Wildman–Crippen LogP) is -0.615. The Hall–Kier alpha value is -1.89. The van der Waals surface area contributed by atoms with Gasteiger partial charge in [-0.2, -0.15) is 0 Å². The molecule has 1 fully saturated rings. The van der Waals surface area contributed by atoms with Crippen molar-refractivity contribution in [2.75, 3.05) is 26.2 Å². The number of hydrogen-bond acceptors (Lipinski definition) is 4. The van der Waals surface area contributed by atoms with Gasteiger partial charge >= 0.3 is 0 Å². The van der Waals surface area contributed by atoms with Crippen molar-refractivity contribution in [2.45, 2.75) is 26.3 Å². The minimum absolute atomic E-state index is 0.161. The lowest BCUT2D eigenvalue weighted by atomic mass is 10.0. The fourth-order valence-electron chi connectivity index (χ4n) is 2.62. The molecule has 1 aromatic heterocycles. The summed E-state index contributed by atoms with van der Waals surface area (Å²) in [4.78, 5) is 36.7. The van der Waals surface area contributed by atoms with Gasteiger partial charge in [0, 0.05) is 31.8 Å². The van der Waals surface area contributed by atoms with Gasteiger partial charge in [-0.25, -0.2) is 4.68 Å². The summed E-state index contributed by atoms with van der Waals surface area (Å²) < 4.78 is 1.01. The van der Waals surface area contributed by atoms with Gasteiger partial charge in [0.1, 0.15) is 6.54 Å². The number of piperidine rings is 1. The largest absolute Gasteiger partial charge is 0.353 e. The van der Waals surface area contributed by atoms with Gasteiger partial charge in [-0.05, 0) is 25.3 Å². The van der Waals surface area contributed by atoms with E-state index in [9.17, 15) is 14.4 Å². The summed E-state index contributed by atoms with van der Waals surface area (Å²) >= 11 is 0. The van der Waals surface area contributed by atoms with E-state index in [2.05, 4.69) is 22.2 Å². The van der Waals surface area contributed by atoms with E-state index < -0.39 is 11.1 Å². The first kappa shape index (κ1) is 15.5. The number of aromatic amines is 1. The zero-order valence-electron chi connectivity index (χ0n) is 12.3. The Kier molecular flexibility index (Phi) is 5.32. The van der Waals surface area contributed by atoms with E-state index in [1.165, 1.54) is 12.8 Å². The number of aromatic nitrogens is 2. The molecule has 7 nitrogen and oxygen atoms in total. The summed E-state index contributed by atoms with van der Waals surface area (Å²) in [6.07, 6.45) is 2.48. The number of H-pyrrole nitrogens is 1. The van der Waals surface area contributed by atoms with Crippen LogP contribution in [0.2, 0.25) is 0 Å². The Balaban J connectivity index is 1.76. The Morgan fingerprint density at radius 1 is 1.43 bits per heavy atom. The lowest BCUT2D eigenvalue weighted by Crippen LogP contribution is -2.42. The quantitative estimate of drug-likeness (QED) is 0.758. The number of carbonyl (C=O) groups is 1. The van der Waals surface area contributed by atoms with Crippen molar-refractivity contribution in [3.8, 4) is 0 Å². The molecule has 116 valence electrons. The Morgan fingerprint density at radius 3 is 3.00 bits per heavy atom. The fraction of sp³-hybridized carbons (Fsp3) is 0.643. The molecule has 0 bridgehead atoms. The predicted molar refractivity (Wildman–Crippen MR) is 79.2 cm³/mol. The molecule has 1 aromatic rings. The molecule has 7 heteroatoms. The molecule has 2 N–H and O–H groups in total. The van der Waals surface area contributed by atoms with Crippen LogP contribution in [-0.4, -0.2) is 46.8 Å². The first-order chi connectivity index (χ1) is 10.0. The van der Waals surface area contributed by atoms with Gasteiger partial charge in [0.25, 0.3) is 11.1 Å². The second kappa shape index (κ2) is 7.21. The van der Waals surface area contributed by atoms with E-state index in [0.29, 0.717) is 12.5 Å². The number of nitrogens with zero attached hydrogens (tertiary/aromatic N) is 2. The number of amides is 1. The smallest absolute Gasteiger partial charge is 0.265 e. The molecule has 1 aliphatic rings. The summed E-state index contributed by atoms with van der Waals surface area (Å²) in [5.74, 6) is 0.437. The Bertz CT molecular complexity index is 592. The van der Waals surface area contributed by atoms with E-state index in [0.717, 1.165) is 36.4 Å². The van der Waals surface area contributed by atoms with E-state index in [1.54, 1.807) is 0 Å². The van der Waals surface area contributed by atoms with Gasteiger partial charge in [0.15, 0.2) is 0 Å². The van der Waals surface area contributed by atoms with E-state index in [1.807, 2.05) is 0 Å². The van der Waals surface area contributed by atoms with Crippen molar-refractivity contribution in [1.29, 1.82) is 0 Å². The second-order valence-corrected chi connectivity index (χ2v) is 5.63. The maximum absolute atomic E-state index is 11.8. The molecule has 21 heavy (non-hydrogen) atoms. The monoisotopic (exact) mass is 294 g/mol. The minimum atomic E-state index is -0.398. The van der Waals surface area contributed by atoms with E-state index >= 15 is 0 Å². The van der Waals surface area contributed by atoms with Gasteiger partial charge in [-0.3, -0.25) is 19.5 Å². The molecule has 1 unspecified atom stereocenters. The topological polar surface area (TPSA) is 87.2 Å². The Morgan fingerprint density at radius 2 is 2.24 bits per heavy atom. The standard InChI is InChI=1S/C14H22N4O3/c1-11-3-2-7-17(9-11)8-6-15-13(20)10-18-14(21)5-4-12(19)16-18/h4-5,11H,2-3,6-10H2,1H3,(H,15,20)(H,16,19). The van der Waals surface area contributed by atoms with Crippen LogP contribution in [0, 0.1) is 5.92 Å². The van der Waals surface area contributed by atoms with Crippen LogP contribution in [0.5, 0.6) is 0 Å². The molecular formula is C14H22N4O3. The first-order valence-electron chi connectivity index (χ1n) is 7.34. The van der Waals surface area contributed by atoms with Crippen molar-refractivity contribution in [1.82, 2.24) is 20.0 Å². The van der Waals surface area contributed by atoms with Crippen LogP contribution in [0.3, 0.4) is 0 Å². The number of likely N-dealkylation sites (tertiary alicyclic amines) is 1. The molecule has 2 rings (SSSR count). The van der Waals surface area contributed by atoms with E-state index in [-0.39, 0.29) is 12.5 Å². The van der Waals surface area contributed by atoms with Crippen molar-refractivity contribution in [3.63, 3.8) is 0 Å². The molecule has 0 spiro atoms.